The summed E-state index contributed by atoms with van der Waals surface area (Å²) in [6.07, 6.45) is 53.2. The van der Waals surface area contributed by atoms with Gasteiger partial charge in [-0.15, -0.1) is 0 Å². The van der Waals surface area contributed by atoms with Crippen molar-refractivity contribution in [2.24, 2.45) is 0 Å². The Hall–Kier alpha value is -3.15. The monoisotopic (exact) mass is 767 g/mol. The summed E-state index contributed by atoms with van der Waals surface area (Å²) in [5, 5.41) is 0. The normalized spacial score (nSPS) is 12.7. The Morgan fingerprint density at radius 2 is 0.709 bits per heavy atom. The third-order valence-corrected chi connectivity index (χ3v) is 9.21. The van der Waals surface area contributed by atoms with Crippen LogP contribution in [0.5, 0.6) is 0 Å². The zero-order valence-corrected chi connectivity index (χ0v) is 35.7. The second kappa shape index (κ2) is 43.6. The lowest BCUT2D eigenvalue weighted by atomic mass is 10.1. The average Bonchev–Trinajstić information content (AvgIpc) is 3.18. The van der Waals surface area contributed by atoms with E-state index in [-0.39, 0.29) is 31.1 Å². The number of esters is 3. The predicted octanol–water partition coefficient (Wildman–Crippen LogP) is 14.3. The lowest BCUT2D eigenvalue weighted by Crippen LogP contribution is -2.30. The van der Waals surface area contributed by atoms with Crippen LogP contribution in [-0.2, 0) is 28.6 Å². The topological polar surface area (TPSA) is 78.9 Å². The Morgan fingerprint density at radius 1 is 0.382 bits per heavy atom. The molecule has 0 radical (unpaired) electrons. The first-order valence-corrected chi connectivity index (χ1v) is 22.4. The molecule has 0 fully saturated rings. The second-order valence-corrected chi connectivity index (χ2v) is 14.5. The van der Waals surface area contributed by atoms with E-state index < -0.39 is 6.10 Å². The lowest BCUT2D eigenvalue weighted by molar-refractivity contribution is -0.167. The van der Waals surface area contributed by atoms with Gasteiger partial charge in [0.25, 0.3) is 0 Å². The number of rotatable bonds is 39. The summed E-state index contributed by atoms with van der Waals surface area (Å²) in [7, 11) is 0. The van der Waals surface area contributed by atoms with Crippen LogP contribution < -0.4 is 0 Å². The molecule has 55 heavy (non-hydrogen) atoms. The van der Waals surface area contributed by atoms with Crippen molar-refractivity contribution in [2.75, 3.05) is 13.2 Å². The van der Waals surface area contributed by atoms with Crippen LogP contribution in [0.1, 0.15) is 201 Å². The molecule has 1 unspecified atom stereocenters. The minimum atomic E-state index is -0.787. The molecule has 0 aromatic rings. The van der Waals surface area contributed by atoms with Crippen LogP contribution in [-0.4, -0.2) is 37.2 Å². The maximum Gasteiger partial charge on any atom is 0.306 e. The number of carbonyl (C=O) groups is 3. The van der Waals surface area contributed by atoms with Gasteiger partial charge in [0, 0.05) is 19.3 Å². The van der Waals surface area contributed by atoms with Crippen LogP contribution in [0.15, 0.2) is 72.9 Å². The van der Waals surface area contributed by atoms with Crippen molar-refractivity contribution >= 4 is 17.9 Å². The van der Waals surface area contributed by atoms with Crippen LogP contribution in [0.25, 0.3) is 0 Å². The lowest BCUT2D eigenvalue weighted by Gasteiger charge is -2.18. The maximum absolute atomic E-state index is 12.7. The molecule has 0 saturated carbocycles. The van der Waals surface area contributed by atoms with Crippen molar-refractivity contribution in [1.29, 1.82) is 0 Å². The summed E-state index contributed by atoms with van der Waals surface area (Å²) in [5.41, 5.74) is 0. The smallest absolute Gasteiger partial charge is 0.306 e. The fourth-order valence-electron chi connectivity index (χ4n) is 5.88. The highest BCUT2D eigenvalue weighted by molar-refractivity contribution is 5.71. The zero-order chi connectivity index (χ0) is 40.1. The van der Waals surface area contributed by atoms with Gasteiger partial charge < -0.3 is 14.2 Å². The van der Waals surface area contributed by atoms with Crippen LogP contribution >= 0.6 is 0 Å². The standard InChI is InChI=1S/C49H82O6/c1-4-7-10-13-16-18-20-22-24-26-28-30-33-36-39-42-48(51)54-45-46(44-53-47(50)41-38-35-32-15-12-9-6-3)55-49(52)43-40-37-34-31-29-27-25-23-21-19-17-14-11-8-5-2/h7-8,10-11,16-19,22-25,46H,4-6,9,12-15,20-21,26-45H2,1-3H3/b10-7-,11-8-,18-16-,19-17-,24-22-,25-23-. The first-order chi connectivity index (χ1) is 27.0. The minimum absolute atomic E-state index is 0.0887. The van der Waals surface area contributed by atoms with Crippen LogP contribution in [0, 0.1) is 0 Å². The molecule has 0 aliphatic carbocycles. The molecule has 0 heterocycles. The average molecular weight is 767 g/mol. The Bertz CT molecular complexity index is 1070. The summed E-state index contributed by atoms with van der Waals surface area (Å²) >= 11 is 0. The van der Waals surface area contributed by atoms with Crippen molar-refractivity contribution in [3.8, 4) is 0 Å². The van der Waals surface area contributed by atoms with Gasteiger partial charge in [-0.2, -0.15) is 0 Å². The fourth-order valence-corrected chi connectivity index (χ4v) is 5.88. The van der Waals surface area contributed by atoms with E-state index in [1.807, 2.05) is 0 Å². The molecule has 1 atom stereocenters. The molecule has 0 bridgehead atoms. The summed E-state index contributed by atoms with van der Waals surface area (Å²) in [6, 6.07) is 0. The molecule has 0 N–H and O–H groups in total. The SMILES string of the molecule is CC/C=C\C/C=C\C/C=C\CCCCCCCC(=O)OCC(COC(=O)CCCCCCCCC)OC(=O)CCCCCCC/C=C\C/C=C\C/C=C\CC. The van der Waals surface area contributed by atoms with Crippen LogP contribution in [0.3, 0.4) is 0 Å². The van der Waals surface area contributed by atoms with E-state index in [0.29, 0.717) is 19.3 Å². The largest absolute Gasteiger partial charge is 0.462 e. The number of allylic oxidation sites excluding steroid dienone is 12. The molecule has 0 saturated heterocycles. The number of ether oxygens (including phenoxy) is 3. The Kier molecular flexibility index (Phi) is 41.1. The van der Waals surface area contributed by atoms with Crippen molar-refractivity contribution in [2.45, 2.75) is 207 Å². The summed E-state index contributed by atoms with van der Waals surface area (Å²) in [4.78, 5) is 37.6. The molecular formula is C49H82O6. The van der Waals surface area contributed by atoms with Gasteiger partial charge in [-0.3, -0.25) is 14.4 Å². The quantitative estimate of drug-likeness (QED) is 0.0268. The Labute approximate surface area is 338 Å². The van der Waals surface area contributed by atoms with Gasteiger partial charge in [-0.05, 0) is 83.5 Å². The number of unbranched alkanes of at least 4 members (excludes halogenated alkanes) is 16. The number of hydrogen-bond acceptors (Lipinski definition) is 6. The number of hydrogen-bond donors (Lipinski definition) is 0. The van der Waals surface area contributed by atoms with Crippen LogP contribution in [0.2, 0.25) is 0 Å². The predicted molar refractivity (Wildman–Crippen MR) is 233 cm³/mol. The second-order valence-electron chi connectivity index (χ2n) is 14.5. The van der Waals surface area contributed by atoms with Gasteiger partial charge in [-0.1, -0.05) is 171 Å². The van der Waals surface area contributed by atoms with Crippen molar-refractivity contribution < 1.29 is 28.6 Å². The van der Waals surface area contributed by atoms with Gasteiger partial charge in [-0.25, -0.2) is 0 Å². The Morgan fingerprint density at radius 3 is 1.11 bits per heavy atom. The fraction of sp³-hybridized carbons (Fsp3) is 0.694. The summed E-state index contributed by atoms with van der Waals surface area (Å²) in [5.74, 6) is -0.936. The molecule has 0 aromatic heterocycles. The van der Waals surface area contributed by atoms with Gasteiger partial charge in [0.15, 0.2) is 6.10 Å². The third-order valence-electron chi connectivity index (χ3n) is 9.21. The van der Waals surface area contributed by atoms with Gasteiger partial charge in [0.2, 0.25) is 0 Å². The van der Waals surface area contributed by atoms with Crippen molar-refractivity contribution in [3.63, 3.8) is 0 Å². The van der Waals surface area contributed by atoms with Crippen LogP contribution in [0.4, 0.5) is 0 Å². The molecule has 6 heteroatoms. The summed E-state index contributed by atoms with van der Waals surface area (Å²) in [6.45, 7) is 6.32. The van der Waals surface area contributed by atoms with E-state index in [4.69, 9.17) is 14.2 Å². The molecule has 0 aliphatic heterocycles. The molecular weight excluding hydrogens is 685 g/mol. The van der Waals surface area contributed by atoms with Gasteiger partial charge in [0.05, 0.1) is 0 Å². The summed E-state index contributed by atoms with van der Waals surface area (Å²) < 4.78 is 16.6. The zero-order valence-electron chi connectivity index (χ0n) is 35.7. The first-order valence-electron chi connectivity index (χ1n) is 22.4. The minimum Gasteiger partial charge on any atom is -0.462 e. The molecule has 0 spiro atoms. The van der Waals surface area contributed by atoms with Gasteiger partial charge >= 0.3 is 17.9 Å². The Balaban J connectivity index is 4.38. The van der Waals surface area contributed by atoms with E-state index >= 15 is 0 Å². The maximum atomic E-state index is 12.7. The highest BCUT2D eigenvalue weighted by Gasteiger charge is 2.19. The molecule has 0 rings (SSSR count). The molecule has 0 aromatic carbocycles. The highest BCUT2D eigenvalue weighted by Crippen LogP contribution is 2.13. The van der Waals surface area contributed by atoms with Crippen molar-refractivity contribution in [1.82, 2.24) is 0 Å². The van der Waals surface area contributed by atoms with Gasteiger partial charge in [0.1, 0.15) is 13.2 Å². The third kappa shape index (κ3) is 41.8. The van der Waals surface area contributed by atoms with E-state index in [0.717, 1.165) is 135 Å². The molecule has 6 nitrogen and oxygen atoms in total. The molecule has 314 valence electrons. The molecule has 0 amide bonds. The first kappa shape index (κ1) is 51.9. The number of carbonyl (C=O) groups excluding carboxylic acids is 3. The highest BCUT2D eigenvalue weighted by atomic mass is 16.6. The van der Waals surface area contributed by atoms with E-state index in [1.165, 1.54) is 25.7 Å². The van der Waals surface area contributed by atoms with E-state index in [2.05, 4.69) is 93.7 Å². The van der Waals surface area contributed by atoms with E-state index in [9.17, 15) is 14.4 Å². The molecule has 0 aliphatic rings. The van der Waals surface area contributed by atoms with E-state index in [1.54, 1.807) is 0 Å². The van der Waals surface area contributed by atoms with Crippen molar-refractivity contribution in [3.05, 3.63) is 72.9 Å².